The number of nitro groups is 1. The van der Waals surface area contributed by atoms with Gasteiger partial charge in [0.1, 0.15) is 22.9 Å². The van der Waals surface area contributed by atoms with Crippen LogP contribution < -0.4 is 10.1 Å². The van der Waals surface area contributed by atoms with Crippen LogP contribution in [0.1, 0.15) is 27.7 Å². The fraction of sp³-hybridized carbons (Fsp3) is 0.500. The summed E-state index contributed by atoms with van der Waals surface area (Å²) in [5.41, 5.74) is -0.511. The van der Waals surface area contributed by atoms with Crippen LogP contribution in [-0.4, -0.2) is 29.3 Å². The minimum absolute atomic E-state index is 0.00860. The minimum Gasteiger partial charge on any atom is -0.486 e. The highest BCUT2D eigenvalue weighted by atomic mass is 79.9. The van der Waals surface area contributed by atoms with Gasteiger partial charge >= 0.3 is 6.09 Å². The molecule has 1 aromatic carbocycles. The van der Waals surface area contributed by atoms with Crippen molar-refractivity contribution in [1.29, 1.82) is 0 Å². The van der Waals surface area contributed by atoms with E-state index in [1.807, 2.05) is 20.8 Å². The van der Waals surface area contributed by atoms with Crippen molar-refractivity contribution in [2.75, 3.05) is 6.61 Å². The molecule has 0 aliphatic carbocycles. The summed E-state index contributed by atoms with van der Waals surface area (Å²) in [6.07, 6.45) is -1.03. The standard InChI is InChI=1S/C14H18Br2N2O5/c1-8(7-22-13(19)17-14(2,3)4)23-11-6-9(15)5-10(12(11)16)18(20)21/h5-6,8H,7H2,1-4H3,(H,17,19)/t8-/m1/s1. The predicted octanol–water partition coefficient (Wildman–Crippen LogP) is 4.41. The maximum Gasteiger partial charge on any atom is 0.407 e. The Morgan fingerprint density at radius 3 is 2.52 bits per heavy atom. The molecule has 1 N–H and O–H groups in total. The molecule has 1 aromatic rings. The number of nitrogens with one attached hydrogen (secondary N) is 1. The van der Waals surface area contributed by atoms with Crippen molar-refractivity contribution in [2.24, 2.45) is 0 Å². The number of alkyl carbamates (subject to hydrolysis) is 1. The van der Waals surface area contributed by atoms with Gasteiger partial charge in [-0.3, -0.25) is 10.1 Å². The van der Waals surface area contributed by atoms with Gasteiger partial charge < -0.3 is 14.8 Å². The zero-order valence-corrected chi connectivity index (χ0v) is 16.4. The van der Waals surface area contributed by atoms with Gasteiger partial charge in [0.25, 0.3) is 5.69 Å². The molecule has 0 saturated heterocycles. The van der Waals surface area contributed by atoms with Crippen LogP contribution in [0.3, 0.4) is 0 Å². The van der Waals surface area contributed by atoms with Crippen LogP contribution in [-0.2, 0) is 4.74 Å². The highest BCUT2D eigenvalue weighted by molar-refractivity contribution is 9.11. The molecule has 23 heavy (non-hydrogen) atoms. The summed E-state index contributed by atoms with van der Waals surface area (Å²) >= 11 is 6.36. The summed E-state index contributed by atoms with van der Waals surface area (Å²) in [4.78, 5) is 22.1. The molecular weight excluding hydrogens is 436 g/mol. The molecule has 0 heterocycles. The Morgan fingerprint density at radius 1 is 1.39 bits per heavy atom. The molecule has 0 radical (unpaired) electrons. The van der Waals surface area contributed by atoms with Crippen LogP contribution >= 0.6 is 31.9 Å². The lowest BCUT2D eigenvalue weighted by molar-refractivity contribution is -0.385. The predicted molar refractivity (Wildman–Crippen MR) is 92.8 cm³/mol. The van der Waals surface area contributed by atoms with Crippen LogP contribution in [0, 0.1) is 10.1 Å². The molecule has 0 unspecified atom stereocenters. The molecule has 1 rings (SSSR count). The number of hydrogen-bond acceptors (Lipinski definition) is 5. The Bertz CT molecular complexity index is 602. The van der Waals surface area contributed by atoms with E-state index in [2.05, 4.69) is 37.2 Å². The largest absolute Gasteiger partial charge is 0.486 e. The van der Waals surface area contributed by atoms with Gasteiger partial charge in [-0.1, -0.05) is 15.9 Å². The van der Waals surface area contributed by atoms with Gasteiger partial charge in [-0.05, 0) is 49.7 Å². The van der Waals surface area contributed by atoms with Gasteiger partial charge in [0.15, 0.2) is 0 Å². The average Bonchev–Trinajstić information content (AvgIpc) is 2.38. The fourth-order valence-electron chi connectivity index (χ4n) is 1.56. The second-order valence-corrected chi connectivity index (χ2v) is 7.60. The Labute approximate surface area is 151 Å². The van der Waals surface area contributed by atoms with Crippen LogP contribution in [0.5, 0.6) is 5.75 Å². The number of rotatable bonds is 5. The third-order valence-electron chi connectivity index (χ3n) is 2.44. The van der Waals surface area contributed by atoms with Gasteiger partial charge in [-0.15, -0.1) is 0 Å². The summed E-state index contributed by atoms with van der Waals surface area (Å²) in [6, 6.07) is 2.97. The zero-order valence-electron chi connectivity index (χ0n) is 13.2. The molecular formula is C14H18Br2N2O5. The summed E-state index contributed by atoms with van der Waals surface area (Å²) in [5.74, 6) is 0.290. The summed E-state index contributed by atoms with van der Waals surface area (Å²) < 4.78 is 11.4. The van der Waals surface area contributed by atoms with Gasteiger partial charge in [0, 0.05) is 16.1 Å². The number of nitro benzene ring substituents is 1. The van der Waals surface area contributed by atoms with Crippen molar-refractivity contribution in [1.82, 2.24) is 5.32 Å². The molecule has 128 valence electrons. The smallest absolute Gasteiger partial charge is 0.407 e. The molecule has 0 bridgehead atoms. The first-order valence-corrected chi connectivity index (χ1v) is 8.33. The van der Waals surface area contributed by atoms with E-state index in [0.717, 1.165) is 0 Å². The van der Waals surface area contributed by atoms with Crippen LogP contribution in [0.4, 0.5) is 10.5 Å². The molecule has 0 saturated carbocycles. The Morgan fingerprint density at radius 2 is 2.00 bits per heavy atom. The number of amides is 1. The van der Waals surface area contributed by atoms with Crippen molar-refractivity contribution >= 4 is 43.6 Å². The van der Waals surface area contributed by atoms with E-state index in [0.29, 0.717) is 10.2 Å². The molecule has 0 spiro atoms. The van der Waals surface area contributed by atoms with E-state index in [1.165, 1.54) is 6.07 Å². The molecule has 1 amide bonds. The lowest BCUT2D eigenvalue weighted by Gasteiger charge is -2.21. The second-order valence-electron chi connectivity index (χ2n) is 5.90. The van der Waals surface area contributed by atoms with Crippen molar-refractivity contribution in [3.05, 3.63) is 31.2 Å². The molecule has 7 nitrogen and oxygen atoms in total. The van der Waals surface area contributed by atoms with Crippen LogP contribution in [0.15, 0.2) is 21.1 Å². The Kier molecular flexibility index (Phi) is 6.82. The summed E-state index contributed by atoms with van der Waals surface area (Å²) in [5, 5.41) is 13.6. The minimum atomic E-state index is -0.549. The average molecular weight is 454 g/mol. The Hall–Kier alpha value is -1.35. The first-order chi connectivity index (χ1) is 10.5. The Balaban J connectivity index is 2.70. The highest BCUT2D eigenvalue weighted by Crippen LogP contribution is 2.37. The maximum absolute atomic E-state index is 11.6. The molecule has 0 aromatic heterocycles. The summed E-state index contributed by atoms with van der Waals surface area (Å²) in [7, 11) is 0. The third-order valence-corrected chi connectivity index (χ3v) is 3.69. The van der Waals surface area contributed by atoms with Crippen molar-refractivity contribution in [3.63, 3.8) is 0 Å². The van der Waals surface area contributed by atoms with E-state index >= 15 is 0 Å². The van der Waals surface area contributed by atoms with E-state index in [-0.39, 0.29) is 16.8 Å². The highest BCUT2D eigenvalue weighted by Gasteiger charge is 2.21. The van der Waals surface area contributed by atoms with E-state index < -0.39 is 22.7 Å². The number of nitrogens with zero attached hydrogens (tertiary/aromatic N) is 1. The molecule has 0 aliphatic rings. The lowest BCUT2D eigenvalue weighted by Crippen LogP contribution is -2.41. The normalized spacial score (nSPS) is 12.4. The molecule has 0 fully saturated rings. The fourth-order valence-corrected chi connectivity index (χ4v) is 2.45. The molecule has 9 heteroatoms. The summed E-state index contributed by atoms with van der Waals surface area (Å²) in [6.45, 7) is 7.22. The number of halogens is 2. The quantitative estimate of drug-likeness (QED) is 0.526. The van der Waals surface area contributed by atoms with Gasteiger partial charge in [-0.25, -0.2) is 4.79 Å². The van der Waals surface area contributed by atoms with E-state index in [9.17, 15) is 14.9 Å². The van der Waals surface area contributed by atoms with Crippen molar-refractivity contribution in [2.45, 2.75) is 39.3 Å². The van der Waals surface area contributed by atoms with E-state index in [4.69, 9.17) is 9.47 Å². The number of benzene rings is 1. The zero-order chi connectivity index (χ0) is 17.8. The number of carbonyl (C=O) groups excluding carboxylic acids is 1. The number of carbonyl (C=O) groups is 1. The van der Waals surface area contributed by atoms with Gasteiger partial charge in [-0.2, -0.15) is 0 Å². The van der Waals surface area contributed by atoms with Crippen LogP contribution in [0.2, 0.25) is 0 Å². The monoisotopic (exact) mass is 452 g/mol. The number of hydrogen-bond donors (Lipinski definition) is 1. The van der Waals surface area contributed by atoms with Gasteiger partial charge in [0.2, 0.25) is 0 Å². The SMILES string of the molecule is C[C@H](COC(=O)NC(C)(C)C)Oc1cc(Br)cc([N+](=O)[O-])c1Br. The lowest BCUT2D eigenvalue weighted by atomic mass is 10.1. The maximum atomic E-state index is 11.6. The van der Waals surface area contributed by atoms with Crippen molar-refractivity contribution < 1.29 is 19.2 Å². The molecule has 0 aliphatic heterocycles. The second kappa shape index (κ2) is 7.96. The molecule has 1 atom stereocenters. The number of ether oxygens (including phenoxy) is 2. The van der Waals surface area contributed by atoms with Gasteiger partial charge in [0.05, 0.1) is 4.92 Å². The van der Waals surface area contributed by atoms with E-state index in [1.54, 1.807) is 13.0 Å². The topological polar surface area (TPSA) is 90.7 Å². The third kappa shape index (κ3) is 6.74. The first-order valence-electron chi connectivity index (χ1n) is 6.74. The van der Waals surface area contributed by atoms with Crippen molar-refractivity contribution in [3.8, 4) is 5.75 Å². The first kappa shape index (κ1) is 19.7. The van der Waals surface area contributed by atoms with Crippen LogP contribution in [0.25, 0.3) is 0 Å².